The summed E-state index contributed by atoms with van der Waals surface area (Å²) in [6, 6.07) is 9.55. The van der Waals surface area contributed by atoms with Crippen LogP contribution in [0.4, 0.5) is 18.9 Å². The maximum Gasteiger partial charge on any atom is 0.418 e. The highest BCUT2D eigenvalue weighted by Gasteiger charge is 2.34. The lowest BCUT2D eigenvalue weighted by atomic mass is 10.1. The van der Waals surface area contributed by atoms with Gasteiger partial charge in [-0.2, -0.15) is 13.2 Å². The van der Waals surface area contributed by atoms with E-state index >= 15 is 0 Å². The number of nitrogens with zero attached hydrogens (tertiary/aromatic N) is 2. The topological polar surface area (TPSA) is 77.2 Å². The third-order valence-corrected chi connectivity index (χ3v) is 3.92. The molecule has 2 aromatic carbocycles. The summed E-state index contributed by atoms with van der Waals surface area (Å²) in [6.45, 7) is 1.42. The summed E-state index contributed by atoms with van der Waals surface area (Å²) >= 11 is 5.63. The standard InChI is InChI=1S/C18H13ClF3N3O3/c1-10(28-13-5-2-11(3-6-13)17-25-23-9-27-17)16(26)24-15-7-4-12(19)8-14(15)18(20,21)22/h2-10H,1H3,(H,24,26)/t10-/m1/s1. The van der Waals surface area contributed by atoms with E-state index < -0.39 is 29.4 Å². The maximum atomic E-state index is 13.1. The fraction of sp³-hybridized carbons (Fsp3) is 0.167. The number of nitrogens with one attached hydrogen (secondary N) is 1. The molecule has 0 saturated heterocycles. The molecule has 0 aliphatic rings. The lowest BCUT2D eigenvalue weighted by Gasteiger charge is -2.18. The molecule has 0 saturated carbocycles. The van der Waals surface area contributed by atoms with Crippen molar-refractivity contribution in [2.75, 3.05) is 5.32 Å². The van der Waals surface area contributed by atoms with Gasteiger partial charge in [0.2, 0.25) is 12.3 Å². The van der Waals surface area contributed by atoms with Crippen LogP contribution >= 0.6 is 11.6 Å². The van der Waals surface area contributed by atoms with Gasteiger partial charge in [0.25, 0.3) is 5.91 Å². The zero-order chi connectivity index (χ0) is 20.3. The molecule has 6 nitrogen and oxygen atoms in total. The Morgan fingerprint density at radius 1 is 1.21 bits per heavy atom. The lowest BCUT2D eigenvalue weighted by Crippen LogP contribution is -2.31. The van der Waals surface area contributed by atoms with Gasteiger partial charge in [-0.1, -0.05) is 11.6 Å². The second-order valence-corrected chi connectivity index (χ2v) is 6.14. The largest absolute Gasteiger partial charge is 0.481 e. The average molecular weight is 412 g/mol. The third-order valence-electron chi connectivity index (χ3n) is 3.69. The van der Waals surface area contributed by atoms with Gasteiger partial charge >= 0.3 is 6.18 Å². The van der Waals surface area contributed by atoms with E-state index in [1.807, 2.05) is 0 Å². The van der Waals surface area contributed by atoms with Crippen molar-refractivity contribution in [2.24, 2.45) is 0 Å². The molecule has 1 heterocycles. The van der Waals surface area contributed by atoms with Crippen molar-refractivity contribution in [3.8, 4) is 17.2 Å². The first-order chi connectivity index (χ1) is 13.2. The molecule has 0 bridgehead atoms. The number of halogens is 4. The van der Waals surface area contributed by atoms with Crippen molar-refractivity contribution < 1.29 is 27.1 Å². The van der Waals surface area contributed by atoms with Crippen molar-refractivity contribution in [2.45, 2.75) is 19.2 Å². The van der Waals surface area contributed by atoms with Gasteiger partial charge in [-0.25, -0.2) is 0 Å². The molecule has 1 N–H and O–H groups in total. The molecule has 0 aliphatic carbocycles. The smallest absolute Gasteiger partial charge is 0.418 e. The van der Waals surface area contributed by atoms with Gasteiger partial charge in [-0.15, -0.1) is 10.2 Å². The van der Waals surface area contributed by atoms with Crippen LogP contribution < -0.4 is 10.1 Å². The molecule has 0 radical (unpaired) electrons. The number of benzene rings is 2. The number of hydrogen-bond acceptors (Lipinski definition) is 5. The summed E-state index contributed by atoms with van der Waals surface area (Å²) in [5.41, 5.74) is -0.786. The van der Waals surface area contributed by atoms with E-state index in [2.05, 4.69) is 15.5 Å². The molecule has 0 aliphatic heterocycles. The van der Waals surface area contributed by atoms with Crippen molar-refractivity contribution in [3.05, 3.63) is 59.4 Å². The third kappa shape index (κ3) is 4.61. The molecule has 3 rings (SSSR count). The van der Waals surface area contributed by atoms with E-state index in [0.29, 0.717) is 17.2 Å². The molecule has 0 spiro atoms. The second kappa shape index (κ2) is 7.89. The number of rotatable bonds is 5. The average Bonchev–Trinajstić information content (AvgIpc) is 3.17. The van der Waals surface area contributed by atoms with Crippen molar-refractivity contribution >= 4 is 23.2 Å². The normalized spacial score (nSPS) is 12.5. The summed E-state index contributed by atoms with van der Waals surface area (Å²) < 4.78 is 49.9. The van der Waals surface area contributed by atoms with Gasteiger partial charge in [0.05, 0.1) is 11.3 Å². The minimum atomic E-state index is -4.66. The SMILES string of the molecule is C[C@@H](Oc1ccc(-c2nnco2)cc1)C(=O)Nc1ccc(Cl)cc1C(F)(F)F. The van der Waals surface area contributed by atoms with Gasteiger partial charge in [-0.05, 0) is 49.4 Å². The molecular weight excluding hydrogens is 399 g/mol. The summed E-state index contributed by atoms with van der Waals surface area (Å²) in [5.74, 6) is -0.0772. The van der Waals surface area contributed by atoms with Crippen LogP contribution in [0, 0.1) is 0 Å². The number of ether oxygens (including phenoxy) is 1. The molecule has 146 valence electrons. The number of carbonyl (C=O) groups is 1. The van der Waals surface area contributed by atoms with Crippen LogP contribution in [0.5, 0.6) is 5.75 Å². The lowest BCUT2D eigenvalue weighted by molar-refractivity contribution is -0.137. The van der Waals surface area contributed by atoms with E-state index in [4.69, 9.17) is 20.8 Å². The van der Waals surface area contributed by atoms with E-state index in [1.165, 1.54) is 19.4 Å². The summed E-state index contributed by atoms with van der Waals surface area (Å²) in [5, 5.41) is 9.47. The van der Waals surface area contributed by atoms with Crippen LogP contribution in [-0.4, -0.2) is 22.2 Å². The Labute approximate surface area is 162 Å². The Hall–Kier alpha value is -3.07. The van der Waals surface area contributed by atoms with E-state index in [1.54, 1.807) is 24.3 Å². The summed E-state index contributed by atoms with van der Waals surface area (Å²) in [6.07, 6.45) is -4.52. The van der Waals surface area contributed by atoms with Gasteiger partial charge in [0, 0.05) is 10.6 Å². The van der Waals surface area contributed by atoms with Crippen LogP contribution in [0.25, 0.3) is 11.5 Å². The van der Waals surface area contributed by atoms with Crippen molar-refractivity contribution in [3.63, 3.8) is 0 Å². The van der Waals surface area contributed by atoms with Crippen molar-refractivity contribution in [1.82, 2.24) is 10.2 Å². The highest BCUT2D eigenvalue weighted by molar-refractivity contribution is 6.30. The first kappa shape index (κ1) is 19.7. The summed E-state index contributed by atoms with van der Waals surface area (Å²) in [7, 11) is 0. The monoisotopic (exact) mass is 411 g/mol. The molecule has 0 fully saturated rings. The van der Waals surface area contributed by atoms with Crippen LogP contribution in [0.15, 0.2) is 53.3 Å². The number of amides is 1. The Bertz CT molecular complexity index is 960. The molecule has 28 heavy (non-hydrogen) atoms. The quantitative estimate of drug-likeness (QED) is 0.651. The molecule has 1 atom stereocenters. The van der Waals surface area contributed by atoms with Crippen LogP contribution in [-0.2, 0) is 11.0 Å². The van der Waals surface area contributed by atoms with Gasteiger partial charge in [0.15, 0.2) is 6.10 Å². The van der Waals surface area contributed by atoms with E-state index in [-0.39, 0.29) is 5.02 Å². The predicted octanol–water partition coefficient (Wildman–Crippen LogP) is 4.81. The first-order valence-electron chi connectivity index (χ1n) is 7.95. The fourth-order valence-corrected chi connectivity index (χ4v) is 2.50. The number of anilines is 1. The fourth-order valence-electron chi connectivity index (χ4n) is 2.33. The molecule has 3 aromatic rings. The zero-order valence-corrected chi connectivity index (χ0v) is 15.1. The van der Waals surface area contributed by atoms with Crippen LogP contribution in [0.2, 0.25) is 5.02 Å². The van der Waals surface area contributed by atoms with Crippen LogP contribution in [0.1, 0.15) is 12.5 Å². The predicted molar refractivity (Wildman–Crippen MR) is 94.9 cm³/mol. The number of alkyl halides is 3. The molecule has 10 heteroatoms. The number of aromatic nitrogens is 2. The van der Waals surface area contributed by atoms with Gasteiger partial charge < -0.3 is 14.5 Å². The van der Waals surface area contributed by atoms with Crippen LogP contribution in [0.3, 0.4) is 0 Å². The summed E-state index contributed by atoms with van der Waals surface area (Å²) in [4.78, 5) is 12.3. The Kier molecular flexibility index (Phi) is 5.55. The highest BCUT2D eigenvalue weighted by atomic mass is 35.5. The molecule has 0 unspecified atom stereocenters. The molecule has 1 aromatic heterocycles. The Morgan fingerprint density at radius 2 is 1.93 bits per heavy atom. The van der Waals surface area contributed by atoms with E-state index in [9.17, 15) is 18.0 Å². The maximum absolute atomic E-state index is 13.1. The second-order valence-electron chi connectivity index (χ2n) is 5.71. The Morgan fingerprint density at radius 3 is 2.54 bits per heavy atom. The minimum absolute atomic E-state index is 0.0871. The van der Waals surface area contributed by atoms with Crippen molar-refractivity contribution in [1.29, 1.82) is 0 Å². The highest BCUT2D eigenvalue weighted by Crippen LogP contribution is 2.36. The first-order valence-corrected chi connectivity index (χ1v) is 8.32. The number of hydrogen-bond donors (Lipinski definition) is 1. The Balaban J connectivity index is 1.69. The van der Waals surface area contributed by atoms with Gasteiger partial charge in [0.1, 0.15) is 5.75 Å². The van der Waals surface area contributed by atoms with Gasteiger partial charge in [-0.3, -0.25) is 4.79 Å². The minimum Gasteiger partial charge on any atom is -0.481 e. The van der Waals surface area contributed by atoms with E-state index in [0.717, 1.165) is 12.1 Å². The zero-order valence-electron chi connectivity index (χ0n) is 14.3. The number of carbonyl (C=O) groups excluding carboxylic acids is 1. The molecular formula is C18H13ClF3N3O3. The molecule has 1 amide bonds.